The number of amides is 1. The topological polar surface area (TPSA) is 72.6 Å². The summed E-state index contributed by atoms with van der Waals surface area (Å²) in [6, 6.07) is 7.35. The molecule has 1 amide bonds. The predicted molar refractivity (Wildman–Crippen MR) is 106 cm³/mol. The summed E-state index contributed by atoms with van der Waals surface area (Å²) in [5.74, 6) is 0.818. The maximum Gasteiger partial charge on any atom is 0.223 e. The molecule has 1 aromatic rings. The van der Waals surface area contributed by atoms with Crippen LogP contribution < -0.4 is 10.5 Å². The van der Waals surface area contributed by atoms with Gasteiger partial charge in [0.05, 0.1) is 6.61 Å². The molecule has 1 atom stereocenters. The van der Waals surface area contributed by atoms with E-state index < -0.39 is 0 Å². The SMILES string of the molecule is CCCCCOc1ccc(C(=O)CCC(=O)N2CCCC2CN)cc1.Cl. The maximum absolute atomic E-state index is 12.3. The molecule has 0 bridgehead atoms. The van der Waals surface area contributed by atoms with Crippen LogP contribution in [0.1, 0.15) is 62.2 Å². The zero-order chi connectivity index (χ0) is 18.1. The molecule has 0 aliphatic carbocycles. The van der Waals surface area contributed by atoms with Crippen LogP contribution in [0.25, 0.3) is 0 Å². The fourth-order valence-corrected chi connectivity index (χ4v) is 3.20. The van der Waals surface area contributed by atoms with Crippen molar-refractivity contribution >= 4 is 24.1 Å². The number of unbranched alkanes of at least 4 members (excludes halogenated alkanes) is 2. The Balaban J connectivity index is 0.00000338. The number of nitrogens with two attached hydrogens (primary N) is 1. The lowest BCUT2D eigenvalue weighted by molar-refractivity contribution is -0.131. The molecule has 0 radical (unpaired) electrons. The number of ether oxygens (including phenoxy) is 1. The van der Waals surface area contributed by atoms with E-state index in [0.29, 0.717) is 18.7 Å². The number of carbonyl (C=O) groups excluding carboxylic acids is 2. The molecule has 1 heterocycles. The van der Waals surface area contributed by atoms with Gasteiger partial charge in [-0.3, -0.25) is 9.59 Å². The van der Waals surface area contributed by atoms with Gasteiger partial charge >= 0.3 is 0 Å². The molecule has 1 aromatic carbocycles. The molecule has 2 N–H and O–H groups in total. The summed E-state index contributed by atoms with van der Waals surface area (Å²) < 4.78 is 5.65. The summed E-state index contributed by atoms with van der Waals surface area (Å²) in [6.07, 6.45) is 5.83. The van der Waals surface area contributed by atoms with E-state index in [1.54, 1.807) is 12.1 Å². The summed E-state index contributed by atoms with van der Waals surface area (Å²) in [6.45, 7) is 4.12. The number of hydrogen-bond acceptors (Lipinski definition) is 4. The molecule has 1 aliphatic heterocycles. The van der Waals surface area contributed by atoms with Crippen LogP contribution in [0.15, 0.2) is 24.3 Å². The fraction of sp³-hybridized carbons (Fsp3) is 0.600. The van der Waals surface area contributed by atoms with E-state index in [2.05, 4.69) is 6.92 Å². The number of Topliss-reactive ketones (excluding diaryl/α,β-unsaturated/α-hetero) is 1. The Kier molecular flexibility index (Phi) is 10.3. The van der Waals surface area contributed by atoms with Gasteiger partial charge in [-0.2, -0.15) is 0 Å². The number of halogens is 1. The third-order valence-corrected chi connectivity index (χ3v) is 4.73. The highest BCUT2D eigenvalue weighted by atomic mass is 35.5. The number of benzene rings is 1. The average molecular weight is 383 g/mol. The number of rotatable bonds is 10. The summed E-state index contributed by atoms with van der Waals surface area (Å²) in [5, 5.41) is 0. The number of likely N-dealkylation sites (tertiary alicyclic amines) is 1. The standard InChI is InChI=1S/C20H30N2O3.ClH/c1-2-3-4-14-25-18-9-7-16(8-10-18)19(23)11-12-20(24)22-13-5-6-17(22)15-21;/h7-10,17H,2-6,11-15,21H2,1H3;1H. The third-order valence-electron chi connectivity index (χ3n) is 4.73. The van der Waals surface area contributed by atoms with Crippen molar-refractivity contribution < 1.29 is 14.3 Å². The molecule has 0 saturated carbocycles. The highest BCUT2D eigenvalue weighted by molar-refractivity contribution is 5.98. The molecular formula is C20H31ClN2O3. The van der Waals surface area contributed by atoms with Crippen molar-refractivity contribution in [3.05, 3.63) is 29.8 Å². The summed E-state index contributed by atoms with van der Waals surface area (Å²) in [7, 11) is 0. The van der Waals surface area contributed by atoms with Crippen LogP contribution in [-0.2, 0) is 4.79 Å². The van der Waals surface area contributed by atoms with Gasteiger partial charge in [0.25, 0.3) is 0 Å². The summed E-state index contributed by atoms with van der Waals surface area (Å²) in [5.41, 5.74) is 6.33. The first-order chi connectivity index (χ1) is 12.2. The van der Waals surface area contributed by atoms with Crippen molar-refractivity contribution in [2.75, 3.05) is 19.7 Å². The van der Waals surface area contributed by atoms with Gasteiger partial charge in [0.15, 0.2) is 5.78 Å². The first-order valence-corrected chi connectivity index (χ1v) is 9.41. The van der Waals surface area contributed by atoms with Crippen molar-refractivity contribution in [2.45, 2.75) is 57.9 Å². The van der Waals surface area contributed by atoms with Crippen LogP contribution in [0.2, 0.25) is 0 Å². The second-order valence-electron chi connectivity index (χ2n) is 6.62. The van der Waals surface area contributed by atoms with Gasteiger partial charge in [-0.25, -0.2) is 0 Å². The van der Waals surface area contributed by atoms with Crippen molar-refractivity contribution in [3.63, 3.8) is 0 Å². The Labute approximate surface area is 162 Å². The molecule has 1 fully saturated rings. The number of carbonyl (C=O) groups is 2. The average Bonchev–Trinajstić information content (AvgIpc) is 3.12. The Hall–Kier alpha value is -1.59. The molecule has 5 nitrogen and oxygen atoms in total. The van der Waals surface area contributed by atoms with E-state index in [1.807, 2.05) is 17.0 Å². The lowest BCUT2D eigenvalue weighted by Gasteiger charge is -2.23. The van der Waals surface area contributed by atoms with Crippen molar-refractivity contribution in [3.8, 4) is 5.75 Å². The van der Waals surface area contributed by atoms with E-state index in [1.165, 1.54) is 6.42 Å². The minimum Gasteiger partial charge on any atom is -0.494 e. The smallest absolute Gasteiger partial charge is 0.223 e. The first kappa shape index (κ1) is 22.5. The minimum absolute atomic E-state index is 0. The minimum atomic E-state index is -0.00521. The lowest BCUT2D eigenvalue weighted by atomic mass is 10.1. The van der Waals surface area contributed by atoms with Crippen LogP contribution >= 0.6 is 12.4 Å². The highest BCUT2D eigenvalue weighted by Gasteiger charge is 2.27. The van der Waals surface area contributed by atoms with E-state index in [4.69, 9.17) is 10.5 Å². The van der Waals surface area contributed by atoms with Crippen molar-refractivity contribution in [2.24, 2.45) is 5.73 Å². The van der Waals surface area contributed by atoms with Gasteiger partial charge in [0, 0.05) is 37.5 Å². The lowest BCUT2D eigenvalue weighted by Crippen LogP contribution is -2.39. The van der Waals surface area contributed by atoms with Gasteiger partial charge in [0.1, 0.15) is 5.75 Å². The molecular weight excluding hydrogens is 352 g/mol. The zero-order valence-corrected chi connectivity index (χ0v) is 16.4. The maximum atomic E-state index is 12.3. The molecule has 0 aromatic heterocycles. The Morgan fingerprint density at radius 2 is 1.92 bits per heavy atom. The Morgan fingerprint density at radius 1 is 1.19 bits per heavy atom. The molecule has 1 aliphatic rings. The van der Waals surface area contributed by atoms with Gasteiger partial charge in [0.2, 0.25) is 5.91 Å². The molecule has 146 valence electrons. The van der Waals surface area contributed by atoms with Crippen LogP contribution in [0.3, 0.4) is 0 Å². The van der Waals surface area contributed by atoms with E-state index in [9.17, 15) is 9.59 Å². The summed E-state index contributed by atoms with van der Waals surface area (Å²) in [4.78, 5) is 26.4. The van der Waals surface area contributed by atoms with E-state index in [0.717, 1.165) is 38.0 Å². The van der Waals surface area contributed by atoms with Crippen LogP contribution in [0, 0.1) is 0 Å². The largest absolute Gasteiger partial charge is 0.494 e. The van der Waals surface area contributed by atoms with Crippen LogP contribution in [0.5, 0.6) is 5.75 Å². The van der Waals surface area contributed by atoms with E-state index in [-0.39, 0.29) is 43.0 Å². The van der Waals surface area contributed by atoms with Gasteiger partial charge in [-0.05, 0) is 43.5 Å². The van der Waals surface area contributed by atoms with Gasteiger partial charge in [-0.1, -0.05) is 19.8 Å². The molecule has 1 saturated heterocycles. The second kappa shape index (κ2) is 11.9. The molecule has 26 heavy (non-hydrogen) atoms. The highest BCUT2D eigenvalue weighted by Crippen LogP contribution is 2.19. The first-order valence-electron chi connectivity index (χ1n) is 9.41. The number of nitrogens with zero attached hydrogens (tertiary/aromatic N) is 1. The van der Waals surface area contributed by atoms with Gasteiger partial charge in [-0.15, -0.1) is 12.4 Å². The second-order valence-corrected chi connectivity index (χ2v) is 6.62. The molecule has 1 unspecified atom stereocenters. The van der Waals surface area contributed by atoms with Crippen molar-refractivity contribution in [1.82, 2.24) is 4.90 Å². The number of hydrogen-bond donors (Lipinski definition) is 1. The quantitative estimate of drug-likeness (QED) is 0.495. The number of ketones is 1. The van der Waals surface area contributed by atoms with Crippen molar-refractivity contribution in [1.29, 1.82) is 0 Å². The molecule has 0 spiro atoms. The normalized spacial score (nSPS) is 16.2. The van der Waals surface area contributed by atoms with Gasteiger partial charge < -0.3 is 15.4 Å². The van der Waals surface area contributed by atoms with E-state index >= 15 is 0 Å². The molecule has 2 rings (SSSR count). The Morgan fingerprint density at radius 3 is 2.58 bits per heavy atom. The predicted octanol–water partition coefficient (Wildman–Crippen LogP) is 3.59. The van der Waals surface area contributed by atoms with Crippen LogP contribution in [0.4, 0.5) is 0 Å². The molecule has 6 heteroatoms. The Bertz CT molecular complexity index is 563. The third kappa shape index (κ3) is 6.61. The summed E-state index contributed by atoms with van der Waals surface area (Å²) >= 11 is 0. The fourth-order valence-electron chi connectivity index (χ4n) is 3.20. The monoisotopic (exact) mass is 382 g/mol. The zero-order valence-electron chi connectivity index (χ0n) is 15.6. The van der Waals surface area contributed by atoms with Crippen LogP contribution in [-0.4, -0.2) is 42.3 Å².